The van der Waals surface area contributed by atoms with Crippen LogP contribution in [0.2, 0.25) is 0 Å². The third kappa shape index (κ3) is 2.22. The highest BCUT2D eigenvalue weighted by Gasteiger charge is 2.24. The summed E-state index contributed by atoms with van der Waals surface area (Å²) >= 11 is 0. The zero-order valence-corrected chi connectivity index (χ0v) is 12.0. The number of hydrogen-bond acceptors (Lipinski definition) is 3. The van der Waals surface area contributed by atoms with Gasteiger partial charge in [0.2, 0.25) is 0 Å². The molecule has 0 spiro atoms. The maximum atomic E-state index is 9.37. The summed E-state index contributed by atoms with van der Waals surface area (Å²) in [6.45, 7) is 5.58. The van der Waals surface area contributed by atoms with E-state index in [1.807, 2.05) is 30.3 Å². The van der Waals surface area contributed by atoms with Crippen molar-refractivity contribution in [1.82, 2.24) is 4.98 Å². The van der Waals surface area contributed by atoms with E-state index < -0.39 is 0 Å². The highest BCUT2D eigenvalue weighted by Crippen LogP contribution is 2.29. The number of para-hydroxylation sites is 1. The van der Waals surface area contributed by atoms with E-state index in [9.17, 15) is 5.26 Å². The number of aromatic nitrogens is 1. The van der Waals surface area contributed by atoms with Crippen molar-refractivity contribution in [3.63, 3.8) is 0 Å². The Hall–Kier alpha value is -2.08. The van der Waals surface area contributed by atoms with Crippen molar-refractivity contribution < 1.29 is 0 Å². The van der Waals surface area contributed by atoms with Crippen molar-refractivity contribution >= 4 is 16.7 Å². The van der Waals surface area contributed by atoms with Crippen LogP contribution < -0.4 is 4.90 Å². The molecule has 1 aliphatic rings. The van der Waals surface area contributed by atoms with Crippen LogP contribution in [0.15, 0.2) is 30.3 Å². The molecule has 0 N–H and O–H groups in total. The molecule has 2 atom stereocenters. The van der Waals surface area contributed by atoms with Crippen molar-refractivity contribution in [1.29, 1.82) is 5.26 Å². The molecule has 0 saturated carbocycles. The quantitative estimate of drug-likeness (QED) is 0.788. The molecule has 1 aromatic heterocycles. The molecule has 102 valence electrons. The van der Waals surface area contributed by atoms with Gasteiger partial charge in [-0.3, -0.25) is 0 Å². The highest BCUT2D eigenvalue weighted by molar-refractivity contribution is 5.86. The van der Waals surface area contributed by atoms with Crippen molar-refractivity contribution in [2.75, 3.05) is 11.4 Å². The van der Waals surface area contributed by atoms with Gasteiger partial charge in [-0.1, -0.05) is 25.1 Å². The first-order valence-corrected chi connectivity index (χ1v) is 7.25. The normalized spacial score (nSPS) is 22.8. The third-order valence-electron chi connectivity index (χ3n) is 4.26. The van der Waals surface area contributed by atoms with Crippen LogP contribution in [0.3, 0.4) is 0 Å². The van der Waals surface area contributed by atoms with Gasteiger partial charge in [0.1, 0.15) is 5.82 Å². The Morgan fingerprint density at radius 2 is 2.10 bits per heavy atom. The number of nitriles is 1. The molecule has 0 bridgehead atoms. The van der Waals surface area contributed by atoms with E-state index in [0.29, 0.717) is 6.04 Å². The number of benzene rings is 1. The zero-order valence-electron chi connectivity index (χ0n) is 12.0. The van der Waals surface area contributed by atoms with Crippen LogP contribution >= 0.6 is 0 Å². The van der Waals surface area contributed by atoms with Crippen LogP contribution in [-0.4, -0.2) is 17.6 Å². The molecule has 0 aliphatic carbocycles. The molecule has 0 amide bonds. The van der Waals surface area contributed by atoms with Gasteiger partial charge in [0.15, 0.2) is 0 Å². The molecule has 3 rings (SSSR count). The van der Waals surface area contributed by atoms with Crippen LogP contribution in [0.1, 0.15) is 32.3 Å². The van der Waals surface area contributed by atoms with Crippen molar-refractivity contribution in [3.8, 4) is 6.07 Å². The van der Waals surface area contributed by atoms with Crippen molar-refractivity contribution in [2.45, 2.75) is 32.7 Å². The van der Waals surface area contributed by atoms with E-state index in [1.54, 1.807) is 0 Å². The average molecular weight is 265 g/mol. The van der Waals surface area contributed by atoms with E-state index >= 15 is 0 Å². The van der Waals surface area contributed by atoms with Gasteiger partial charge in [-0.05, 0) is 37.8 Å². The van der Waals surface area contributed by atoms with Crippen LogP contribution in [0.4, 0.5) is 5.82 Å². The second kappa shape index (κ2) is 5.13. The predicted molar refractivity (Wildman–Crippen MR) is 81.7 cm³/mol. The summed E-state index contributed by atoms with van der Waals surface area (Å²) in [5.41, 5.74) is 1.63. The number of nitrogens with zero attached hydrogens (tertiary/aromatic N) is 3. The number of pyridine rings is 1. The Labute approximate surface area is 119 Å². The molecular weight excluding hydrogens is 246 g/mol. The van der Waals surface area contributed by atoms with E-state index in [4.69, 9.17) is 4.98 Å². The molecule has 3 nitrogen and oxygen atoms in total. The van der Waals surface area contributed by atoms with Gasteiger partial charge in [-0.25, -0.2) is 4.98 Å². The Morgan fingerprint density at radius 1 is 1.30 bits per heavy atom. The number of anilines is 1. The SMILES string of the molecule is CC1CCN(c2cc(C#N)c3ccccc3n2)C(C)C1. The first-order valence-electron chi connectivity index (χ1n) is 7.25. The van der Waals surface area contributed by atoms with Gasteiger partial charge < -0.3 is 4.90 Å². The first-order chi connectivity index (χ1) is 9.69. The Bertz CT molecular complexity index is 671. The van der Waals surface area contributed by atoms with Crippen LogP contribution in [0, 0.1) is 17.2 Å². The standard InChI is InChI=1S/C17H19N3/c1-12-7-8-20(13(2)9-12)17-10-14(11-18)15-5-3-4-6-16(15)19-17/h3-6,10,12-13H,7-9H2,1-2H3. The summed E-state index contributed by atoms with van der Waals surface area (Å²) in [5, 5.41) is 10.3. The molecule has 2 unspecified atom stereocenters. The van der Waals surface area contributed by atoms with Crippen molar-refractivity contribution in [3.05, 3.63) is 35.9 Å². The topological polar surface area (TPSA) is 39.9 Å². The zero-order chi connectivity index (χ0) is 14.1. The summed E-state index contributed by atoms with van der Waals surface area (Å²) in [5.74, 6) is 1.72. The van der Waals surface area contributed by atoms with E-state index in [1.165, 1.54) is 12.8 Å². The van der Waals surface area contributed by atoms with E-state index in [2.05, 4.69) is 24.8 Å². The molecular formula is C17H19N3. The fourth-order valence-electron chi connectivity index (χ4n) is 3.15. The number of rotatable bonds is 1. The van der Waals surface area contributed by atoms with Gasteiger partial charge in [0.05, 0.1) is 17.1 Å². The number of hydrogen-bond donors (Lipinski definition) is 0. The molecule has 1 saturated heterocycles. The maximum Gasteiger partial charge on any atom is 0.130 e. The molecule has 3 heteroatoms. The summed E-state index contributed by atoms with van der Waals surface area (Å²) in [7, 11) is 0. The van der Waals surface area contributed by atoms with Gasteiger partial charge in [0, 0.05) is 18.0 Å². The molecule has 1 aromatic carbocycles. The fraction of sp³-hybridized carbons (Fsp3) is 0.412. The average Bonchev–Trinajstić information content (AvgIpc) is 2.46. The lowest BCUT2D eigenvalue weighted by Gasteiger charge is -2.37. The molecule has 2 heterocycles. The minimum Gasteiger partial charge on any atom is -0.354 e. The second-order valence-corrected chi connectivity index (χ2v) is 5.83. The largest absolute Gasteiger partial charge is 0.354 e. The smallest absolute Gasteiger partial charge is 0.130 e. The Kier molecular flexibility index (Phi) is 3.31. The highest BCUT2D eigenvalue weighted by atomic mass is 15.2. The lowest BCUT2D eigenvalue weighted by Crippen LogP contribution is -2.40. The monoisotopic (exact) mass is 265 g/mol. The predicted octanol–water partition coefficient (Wildman–Crippen LogP) is 3.73. The van der Waals surface area contributed by atoms with Gasteiger partial charge in [-0.2, -0.15) is 5.26 Å². The summed E-state index contributed by atoms with van der Waals surface area (Å²) in [6, 6.07) is 12.6. The molecule has 0 radical (unpaired) electrons. The van der Waals surface area contributed by atoms with E-state index in [0.717, 1.165) is 34.7 Å². The summed E-state index contributed by atoms with van der Waals surface area (Å²) in [4.78, 5) is 7.10. The molecule has 1 fully saturated rings. The number of piperidine rings is 1. The lowest BCUT2D eigenvalue weighted by atomic mass is 9.93. The minimum atomic E-state index is 0.485. The van der Waals surface area contributed by atoms with Crippen LogP contribution in [0.25, 0.3) is 10.9 Å². The Morgan fingerprint density at radius 3 is 2.85 bits per heavy atom. The van der Waals surface area contributed by atoms with Crippen LogP contribution in [-0.2, 0) is 0 Å². The summed E-state index contributed by atoms with van der Waals surface area (Å²) < 4.78 is 0. The third-order valence-corrected chi connectivity index (χ3v) is 4.26. The van der Waals surface area contributed by atoms with Crippen LogP contribution in [0.5, 0.6) is 0 Å². The Balaban J connectivity index is 2.06. The fourth-order valence-corrected chi connectivity index (χ4v) is 3.15. The maximum absolute atomic E-state index is 9.37. The lowest BCUT2D eigenvalue weighted by molar-refractivity contribution is 0.376. The molecule has 2 aromatic rings. The van der Waals surface area contributed by atoms with Gasteiger partial charge in [-0.15, -0.1) is 0 Å². The second-order valence-electron chi connectivity index (χ2n) is 5.83. The van der Waals surface area contributed by atoms with Gasteiger partial charge >= 0.3 is 0 Å². The minimum absolute atomic E-state index is 0.485. The molecule has 20 heavy (non-hydrogen) atoms. The summed E-state index contributed by atoms with van der Waals surface area (Å²) in [6.07, 6.45) is 2.39. The number of fused-ring (bicyclic) bond motifs is 1. The van der Waals surface area contributed by atoms with Crippen molar-refractivity contribution in [2.24, 2.45) is 5.92 Å². The first kappa shape index (κ1) is 12.9. The molecule has 1 aliphatic heterocycles. The van der Waals surface area contributed by atoms with Gasteiger partial charge in [0.25, 0.3) is 0 Å². The van der Waals surface area contributed by atoms with E-state index in [-0.39, 0.29) is 0 Å².